The molecule has 0 saturated carbocycles. The monoisotopic (exact) mass is 253 g/mol. The third kappa shape index (κ3) is 2.73. The minimum Gasteiger partial charge on any atom is -0.479 e. The lowest BCUT2D eigenvalue weighted by molar-refractivity contribution is -0.139. The number of hydrogen-bond donors (Lipinski definition) is 1. The zero-order chi connectivity index (χ0) is 12.3. The lowest BCUT2D eigenvalue weighted by Crippen LogP contribution is -2.12. The topological polar surface area (TPSA) is 77.2 Å². The number of hydrogen-bond acceptors (Lipinski definition) is 4. The quantitative estimate of drug-likeness (QED) is 0.891. The number of aromatic nitrogens is 3. The summed E-state index contributed by atoms with van der Waals surface area (Å²) in [6.07, 6.45) is 0. The standard InChI is InChI=1S/C10H8ClN3O3/c11-9-12-10(17-6-8(15)16)14(13-9)7-4-2-1-3-5-7/h1-5H,6H2,(H,15,16). The Balaban J connectivity index is 2.31. The predicted octanol–water partition coefficient (Wildman–Crippen LogP) is 1.38. The highest BCUT2D eigenvalue weighted by atomic mass is 35.5. The van der Waals surface area contributed by atoms with Crippen molar-refractivity contribution in [3.05, 3.63) is 35.6 Å². The van der Waals surface area contributed by atoms with Gasteiger partial charge in [0, 0.05) is 0 Å². The van der Waals surface area contributed by atoms with E-state index in [9.17, 15) is 4.79 Å². The highest BCUT2D eigenvalue weighted by Gasteiger charge is 2.12. The zero-order valence-electron chi connectivity index (χ0n) is 8.58. The Morgan fingerprint density at radius 3 is 2.76 bits per heavy atom. The maximum absolute atomic E-state index is 10.4. The van der Waals surface area contributed by atoms with Gasteiger partial charge in [0.15, 0.2) is 6.61 Å². The molecule has 2 rings (SSSR count). The van der Waals surface area contributed by atoms with E-state index in [0.717, 1.165) is 0 Å². The molecular formula is C10H8ClN3O3. The van der Waals surface area contributed by atoms with Gasteiger partial charge in [-0.3, -0.25) is 0 Å². The van der Waals surface area contributed by atoms with Crippen LogP contribution in [-0.2, 0) is 4.79 Å². The molecule has 0 spiro atoms. The Labute approximate surface area is 101 Å². The number of para-hydroxylation sites is 1. The van der Waals surface area contributed by atoms with Gasteiger partial charge >= 0.3 is 12.0 Å². The van der Waals surface area contributed by atoms with Crippen LogP contribution in [0.2, 0.25) is 5.28 Å². The highest BCUT2D eigenvalue weighted by Crippen LogP contribution is 2.17. The number of rotatable bonds is 4. The maximum atomic E-state index is 10.4. The molecule has 0 saturated heterocycles. The normalized spacial score (nSPS) is 10.2. The molecule has 7 heteroatoms. The number of carboxylic acids is 1. The molecule has 0 aliphatic heterocycles. The Morgan fingerprint density at radius 1 is 1.41 bits per heavy atom. The predicted molar refractivity (Wildman–Crippen MR) is 59.5 cm³/mol. The molecule has 17 heavy (non-hydrogen) atoms. The van der Waals surface area contributed by atoms with Gasteiger partial charge in [0.25, 0.3) is 0 Å². The van der Waals surface area contributed by atoms with Gasteiger partial charge < -0.3 is 9.84 Å². The summed E-state index contributed by atoms with van der Waals surface area (Å²) in [5.74, 6) is -1.09. The number of halogens is 1. The molecule has 1 N–H and O–H groups in total. The van der Waals surface area contributed by atoms with Crippen LogP contribution >= 0.6 is 11.6 Å². The number of carboxylic acid groups (broad SMARTS) is 1. The van der Waals surface area contributed by atoms with Gasteiger partial charge in [-0.1, -0.05) is 18.2 Å². The first-order chi connectivity index (χ1) is 8.16. The molecule has 0 fully saturated rings. The second-order valence-corrected chi connectivity index (χ2v) is 3.43. The van der Waals surface area contributed by atoms with Crippen molar-refractivity contribution in [2.24, 2.45) is 0 Å². The van der Waals surface area contributed by atoms with Crippen LogP contribution in [0.1, 0.15) is 0 Å². The van der Waals surface area contributed by atoms with E-state index in [1.807, 2.05) is 18.2 Å². The molecular weight excluding hydrogens is 246 g/mol. The number of ether oxygens (including phenoxy) is 1. The minimum absolute atomic E-state index is 0.00533. The number of aliphatic carboxylic acids is 1. The fourth-order valence-corrected chi connectivity index (χ4v) is 1.38. The largest absolute Gasteiger partial charge is 0.479 e. The molecule has 0 unspecified atom stereocenters. The summed E-state index contributed by atoms with van der Waals surface area (Å²) in [4.78, 5) is 14.2. The fraction of sp³-hybridized carbons (Fsp3) is 0.100. The summed E-state index contributed by atoms with van der Waals surface area (Å²) in [5, 5.41) is 12.4. The molecule has 0 aliphatic carbocycles. The molecule has 1 aromatic carbocycles. The maximum Gasteiger partial charge on any atom is 0.341 e. The molecule has 0 bridgehead atoms. The van der Waals surface area contributed by atoms with Crippen LogP contribution in [0.3, 0.4) is 0 Å². The van der Waals surface area contributed by atoms with Crippen LogP contribution in [0.4, 0.5) is 0 Å². The first-order valence-electron chi connectivity index (χ1n) is 4.69. The Hall–Kier alpha value is -2.08. The van der Waals surface area contributed by atoms with E-state index in [1.165, 1.54) is 4.68 Å². The summed E-state index contributed by atoms with van der Waals surface area (Å²) in [6.45, 7) is -0.498. The van der Waals surface area contributed by atoms with Crippen molar-refractivity contribution in [3.63, 3.8) is 0 Å². The first kappa shape index (κ1) is 11.4. The third-order valence-electron chi connectivity index (χ3n) is 1.88. The van der Waals surface area contributed by atoms with Crippen LogP contribution in [0, 0.1) is 0 Å². The third-order valence-corrected chi connectivity index (χ3v) is 2.04. The number of carbonyl (C=O) groups is 1. The Bertz CT molecular complexity index is 527. The van der Waals surface area contributed by atoms with Gasteiger partial charge in [0.1, 0.15) is 0 Å². The minimum atomic E-state index is -1.09. The van der Waals surface area contributed by atoms with Crippen LogP contribution in [0.5, 0.6) is 6.01 Å². The lowest BCUT2D eigenvalue weighted by atomic mass is 10.3. The highest BCUT2D eigenvalue weighted by molar-refractivity contribution is 6.28. The van der Waals surface area contributed by atoms with Crippen LogP contribution in [0.25, 0.3) is 5.69 Å². The average Bonchev–Trinajstić information content (AvgIpc) is 2.69. The summed E-state index contributed by atoms with van der Waals surface area (Å²) in [7, 11) is 0. The molecule has 0 atom stereocenters. The van der Waals surface area contributed by atoms with Crippen molar-refractivity contribution in [1.29, 1.82) is 0 Å². The van der Waals surface area contributed by atoms with Crippen LogP contribution in [-0.4, -0.2) is 32.4 Å². The van der Waals surface area contributed by atoms with E-state index in [4.69, 9.17) is 21.4 Å². The summed E-state index contributed by atoms with van der Waals surface area (Å²) < 4.78 is 6.32. The average molecular weight is 254 g/mol. The summed E-state index contributed by atoms with van der Waals surface area (Å²) in [5.41, 5.74) is 0.687. The van der Waals surface area contributed by atoms with E-state index in [1.54, 1.807) is 12.1 Å². The molecule has 1 heterocycles. The SMILES string of the molecule is O=C(O)COc1nc(Cl)nn1-c1ccccc1. The van der Waals surface area contributed by atoms with Crippen molar-refractivity contribution in [2.45, 2.75) is 0 Å². The van der Waals surface area contributed by atoms with E-state index >= 15 is 0 Å². The molecule has 0 aliphatic rings. The van der Waals surface area contributed by atoms with Gasteiger partial charge in [-0.25, -0.2) is 4.79 Å². The van der Waals surface area contributed by atoms with Gasteiger partial charge in [0.2, 0.25) is 5.28 Å². The number of benzene rings is 1. The first-order valence-corrected chi connectivity index (χ1v) is 5.07. The van der Waals surface area contributed by atoms with Gasteiger partial charge in [-0.05, 0) is 23.7 Å². The lowest BCUT2D eigenvalue weighted by Gasteiger charge is -2.04. The summed E-state index contributed by atoms with van der Waals surface area (Å²) in [6, 6.07) is 9.07. The molecule has 0 radical (unpaired) electrons. The van der Waals surface area contributed by atoms with Crippen molar-refractivity contribution in [2.75, 3.05) is 6.61 Å². The van der Waals surface area contributed by atoms with E-state index < -0.39 is 12.6 Å². The van der Waals surface area contributed by atoms with E-state index in [2.05, 4.69) is 10.1 Å². The van der Waals surface area contributed by atoms with Crippen LogP contribution in [0.15, 0.2) is 30.3 Å². The van der Waals surface area contributed by atoms with Crippen molar-refractivity contribution in [1.82, 2.24) is 14.8 Å². The second-order valence-electron chi connectivity index (χ2n) is 3.09. The summed E-state index contributed by atoms with van der Waals surface area (Å²) >= 11 is 5.66. The van der Waals surface area contributed by atoms with Gasteiger partial charge in [-0.2, -0.15) is 9.67 Å². The van der Waals surface area contributed by atoms with Crippen molar-refractivity contribution < 1.29 is 14.6 Å². The van der Waals surface area contributed by atoms with Crippen molar-refractivity contribution in [3.8, 4) is 11.7 Å². The van der Waals surface area contributed by atoms with Gasteiger partial charge in [0.05, 0.1) is 5.69 Å². The van der Waals surface area contributed by atoms with E-state index in [-0.39, 0.29) is 11.3 Å². The number of nitrogens with zero attached hydrogens (tertiary/aromatic N) is 3. The molecule has 2 aromatic rings. The Kier molecular flexibility index (Phi) is 3.24. The second kappa shape index (κ2) is 4.84. The Morgan fingerprint density at radius 2 is 2.12 bits per heavy atom. The molecule has 1 aromatic heterocycles. The fourth-order valence-electron chi connectivity index (χ4n) is 1.23. The molecule has 0 amide bonds. The van der Waals surface area contributed by atoms with Crippen molar-refractivity contribution >= 4 is 17.6 Å². The van der Waals surface area contributed by atoms with Gasteiger partial charge in [-0.15, -0.1) is 5.10 Å². The zero-order valence-corrected chi connectivity index (χ0v) is 9.33. The molecule has 6 nitrogen and oxygen atoms in total. The van der Waals surface area contributed by atoms with Crippen LogP contribution < -0.4 is 4.74 Å². The van der Waals surface area contributed by atoms with E-state index in [0.29, 0.717) is 5.69 Å². The molecule has 88 valence electrons. The smallest absolute Gasteiger partial charge is 0.341 e.